The van der Waals surface area contributed by atoms with Gasteiger partial charge >= 0.3 is 0 Å². The standard InChI is InChI=1S/C38H22O/c1-3-9-30-23(7-1)13-16-27-18-28-17-24(14-15-25(28)19-33(27)30)29-20-34-31-10-4-2-8-26(31)22-37-38(34)35(21-29)32-11-5-6-12-36(32)39-37/h1-22H. The molecule has 9 rings (SSSR count). The van der Waals surface area contributed by atoms with Crippen molar-refractivity contribution in [2.75, 3.05) is 0 Å². The molecule has 0 aromatic heterocycles. The normalized spacial score (nSPS) is 12.3. The molecule has 1 aliphatic rings. The molecule has 0 N–H and O–H groups in total. The van der Waals surface area contributed by atoms with Crippen LogP contribution >= 0.6 is 0 Å². The van der Waals surface area contributed by atoms with Gasteiger partial charge in [-0.1, -0.05) is 91.0 Å². The lowest BCUT2D eigenvalue weighted by Crippen LogP contribution is -1.98. The van der Waals surface area contributed by atoms with E-state index in [2.05, 4.69) is 127 Å². The largest absolute Gasteiger partial charge is 0.456 e. The Labute approximate surface area is 225 Å². The van der Waals surface area contributed by atoms with Crippen molar-refractivity contribution in [1.82, 2.24) is 0 Å². The zero-order valence-electron chi connectivity index (χ0n) is 21.1. The summed E-state index contributed by atoms with van der Waals surface area (Å²) in [7, 11) is 0. The molecule has 39 heavy (non-hydrogen) atoms. The van der Waals surface area contributed by atoms with Gasteiger partial charge in [0.25, 0.3) is 0 Å². The Balaban J connectivity index is 1.32. The molecule has 1 nitrogen and oxygen atoms in total. The number of ether oxygens (including phenoxy) is 1. The van der Waals surface area contributed by atoms with Gasteiger partial charge in [0.15, 0.2) is 0 Å². The second kappa shape index (κ2) is 7.69. The van der Waals surface area contributed by atoms with Crippen molar-refractivity contribution in [3.05, 3.63) is 133 Å². The van der Waals surface area contributed by atoms with Gasteiger partial charge in [-0.2, -0.15) is 0 Å². The van der Waals surface area contributed by atoms with Crippen molar-refractivity contribution in [1.29, 1.82) is 0 Å². The summed E-state index contributed by atoms with van der Waals surface area (Å²) < 4.78 is 6.43. The lowest BCUT2D eigenvalue weighted by Gasteiger charge is -2.23. The number of hydrogen-bond acceptors (Lipinski definition) is 1. The van der Waals surface area contributed by atoms with Crippen LogP contribution in [0.1, 0.15) is 0 Å². The molecule has 1 heterocycles. The molecule has 8 aromatic rings. The fraction of sp³-hybridized carbons (Fsp3) is 0. The summed E-state index contributed by atoms with van der Waals surface area (Å²) in [6.07, 6.45) is 0. The fourth-order valence-corrected chi connectivity index (χ4v) is 6.49. The average Bonchev–Trinajstić information content (AvgIpc) is 2.99. The number of benzene rings is 8. The molecule has 180 valence electrons. The van der Waals surface area contributed by atoms with E-state index in [1.54, 1.807) is 0 Å². The highest BCUT2D eigenvalue weighted by atomic mass is 16.5. The Morgan fingerprint density at radius 1 is 0.333 bits per heavy atom. The molecule has 0 amide bonds. The van der Waals surface area contributed by atoms with E-state index in [0.717, 1.165) is 17.1 Å². The minimum absolute atomic E-state index is 0.913. The third-order valence-electron chi connectivity index (χ3n) is 8.35. The fourth-order valence-electron chi connectivity index (χ4n) is 6.49. The Morgan fingerprint density at radius 3 is 1.97 bits per heavy atom. The van der Waals surface area contributed by atoms with Gasteiger partial charge in [-0.25, -0.2) is 0 Å². The van der Waals surface area contributed by atoms with Crippen LogP contribution in [0.3, 0.4) is 0 Å². The summed E-state index contributed by atoms with van der Waals surface area (Å²) in [4.78, 5) is 0. The Bertz CT molecular complexity index is 2310. The van der Waals surface area contributed by atoms with E-state index in [1.807, 2.05) is 6.07 Å². The van der Waals surface area contributed by atoms with Crippen LogP contribution in [0.15, 0.2) is 133 Å². The first kappa shape index (κ1) is 20.9. The van der Waals surface area contributed by atoms with Crippen LogP contribution in [-0.4, -0.2) is 0 Å². The van der Waals surface area contributed by atoms with E-state index in [0.29, 0.717) is 0 Å². The third-order valence-corrected chi connectivity index (χ3v) is 8.35. The summed E-state index contributed by atoms with van der Waals surface area (Å²) in [5.74, 6) is 1.84. The average molecular weight is 495 g/mol. The molecule has 0 atom stereocenters. The van der Waals surface area contributed by atoms with E-state index in [-0.39, 0.29) is 0 Å². The van der Waals surface area contributed by atoms with Crippen LogP contribution in [0.4, 0.5) is 0 Å². The quantitative estimate of drug-likeness (QED) is 0.163. The van der Waals surface area contributed by atoms with Crippen molar-refractivity contribution in [3.63, 3.8) is 0 Å². The number of para-hydroxylation sites is 1. The molecule has 0 bridgehead atoms. The van der Waals surface area contributed by atoms with E-state index in [1.165, 1.54) is 70.6 Å². The number of hydrogen-bond donors (Lipinski definition) is 0. The summed E-state index contributed by atoms with van der Waals surface area (Å²) in [6.45, 7) is 0. The molecule has 0 spiro atoms. The molecule has 0 unspecified atom stereocenters. The van der Waals surface area contributed by atoms with Crippen LogP contribution in [0, 0.1) is 0 Å². The summed E-state index contributed by atoms with van der Waals surface area (Å²) in [5.41, 5.74) is 4.82. The minimum Gasteiger partial charge on any atom is -0.456 e. The third kappa shape index (κ3) is 3.02. The van der Waals surface area contributed by atoms with Gasteiger partial charge in [-0.3, -0.25) is 0 Å². The van der Waals surface area contributed by atoms with Gasteiger partial charge in [-0.15, -0.1) is 0 Å². The zero-order valence-corrected chi connectivity index (χ0v) is 21.1. The maximum absolute atomic E-state index is 6.43. The van der Waals surface area contributed by atoms with Crippen LogP contribution in [0.5, 0.6) is 11.5 Å². The summed E-state index contributed by atoms with van der Waals surface area (Å²) in [6, 6.07) is 48.5. The van der Waals surface area contributed by atoms with E-state index in [4.69, 9.17) is 4.74 Å². The highest BCUT2D eigenvalue weighted by molar-refractivity contribution is 6.18. The van der Waals surface area contributed by atoms with E-state index < -0.39 is 0 Å². The Morgan fingerprint density at radius 2 is 1.05 bits per heavy atom. The maximum atomic E-state index is 6.43. The van der Waals surface area contributed by atoms with Gasteiger partial charge in [0.05, 0.1) is 0 Å². The van der Waals surface area contributed by atoms with Crippen molar-refractivity contribution in [2.24, 2.45) is 0 Å². The van der Waals surface area contributed by atoms with Gasteiger partial charge in [0.1, 0.15) is 11.5 Å². The lowest BCUT2D eigenvalue weighted by molar-refractivity contribution is 0.487. The predicted molar refractivity (Wildman–Crippen MR) is 165 cm³/mol. The molecule has 0 aliphatic carbocycles. The van der Waals surface area contributed by atoms with E-state index >= 15 is 0 Å². The molecule has 1 aliphatic heterocycles. The lowest BCUT2D eigenvalue weighted by atomic mass is 9.88. The second-order valence-corrected chi connectivity index (χ2v) is 10.6. The molecule has 0 saturated heterocycles. The molecular formula is C38H22O. The van der Waals surface area contributed by atoms with Gasteiger partial charge in [0.2, 0.25) is 0 Å². The first-order valence-corrected chi connectivity index (χ1v) is 13.4. The number of fused-ring (bicyclic) bond motifs is 8. The Kier molecular flexibility index (Phi) is 4.11. The van der Waals surface area contributed by atoms with Crippen molar-refractivity contribution < 1.29 is 4.74 Å². The highest BCUT2D eigenvalue weighted by Gasteiger charge is 2.22. The molecular weight excluding hydrogens is 472 g/mol. The van der Waals surface area contributed by atoms with Gasteiger partial charge in [0, 0.05) is 10.9 Å². The predicted octanol–water partition coefficient (Wildman–Crippen LogP) is 10.9. The summed E-state index contributed by atoms with van der Waals surface area (Å²) >= 11 is 0. The molecule has 0 fully saturated rings. The molecule has 0 saturated carbocycles. The van der Waals surface area contributed by atoms with Crippen molar-refractivity contribution in [3.8, 4) is 33.8 Å². The number of rotatable bonds is 1. The van der Waals surface area contributed by atoms with Gasteiger partial charge in [-0.05, 0) is 108 Å². The van der Waals surface area contributed by atoms with Crippen LogP contribution in [0.2, 0.25) is 0 Å². The zero-order chi connectivity index (χ0) is 25.5. The first-order valence-electron chi connectivity index (χ1n) is 13.4. The second-order valence-electron chi connectivity index (χ2n) is 10.6. The SMILES string of the molecule is c1ccc2c(c1)Oc1cc3ccccc3c3cc(-c4ccc5cc6c(ccc7ccccc76)cc5c4)cc-2c13. The van der Waals surface area contributed by atoms with Crippen LogP contribution in [0.25, 0.3) is 76.1 Å². The first-order chi connectivity index (χ1) is 19.3. The Hall–Kier alpha value is -5.14. The van der Waals surface area contributed by atoms with Crippen LogP contribution < -0.4 is 4.74 Å². The monoisotopic (exact) mass is 494 g/mol. The molecule has 1 heteroatoms. The molecule has 0 radical (unpaired) electrons. The smallest absolute Gasteiger partial charge is 0.136 e. The highest BCUT2D eigenvalue weighted by Crippen LogP contribution is 2.50. The van der Waals surface area contributed by atoms with Crippen molar-refractivity contribution in [2.45, 2.75) is 0 Å². The van der Waals surface area contributed by atoms with E-state index in [9.17, 15) is 0 Å². The summed E-state index contributed by atoms with van der Waals surface area (Å²) in [5, 5.41) is 12.5. The van der Waals surface area contributed by atoms with Gasteiger partial charge < -0.3 is 4.74 Å². The van der Waals surface area contributed by atoms with Crippen molar-refractivity contribution >= 4 is 53.9 Å². The van der Waals surface area contributed by atoms with Crippen LogP contribution in [-0.2, 0) is 0 Å². The maximum Gasteiger partial charge on any atom is 0.136 e. The topological polar surface area (TPSA) is 9.23 Å². The molecule has 8 aromatic carbocycles. The minimum atomic E-state index is 0.913.